The van der Waals surface area contributed by atoms with E-state index in [2.05, 4.69) is 45.6 Å². The molecule has 0 spiro atoms. The van der Waals surface area contributed by atoms with E-state index in [0.29, 0.717) is 6.42 Å². The van der Waals surface area contributed by atoms with Gasteiger partial charge in [-0.05, 0) is 25.1 Å². The van der Waals surface area contributed by atoms with Crippen molar-refractivity contribution in [2.24, 2.45) is 0 Å². The highest BCUT2D eigenvalue weighted by molar-refractivity contribution is 6.08. The van der Waals surface area contributed by atoms with Gasteiger partial charge in [0.1, 0.15) is 5.75 Å². The molecule has 1 aliphatic rings. The molecule has 0 aliphatic carbocycles. The fourth-order valence-corrected chi connectivity index (χ4v) is 4.16. The summed E-state index contributed by atoms with van der Waals surface area (Å²) in [6.45, 7) is 7.69. The fraction of sp³-hybridized carbons (Fsp3) is 0.375. The number of hydrogen-bond donors (Lipinski definition) is 0. The zero-order chi connectivity index (χ0) is 20.2. The van der Waals surface area contributed by atoms with Crippen molar-refractivity contribution >= 4 is 22.4 Å². The molecule has 1 aliphatic heterocycles. The lowest BCUT2D eigenvalue weighted by molar-refractivity contribution is 0.0964. The normalized spacial score (nSPS) is 15.0. The average Bonchev–Trinajstić information content (AvgIpc) is 3.17. The third-order valence-corrected chi connectivity index (χ3v) is 5.88. The Morgan fingerprint density at radius 3 is 2.59 bits per heavy atom. The maximum Gasteiger partial charge on any atom is 0.166 e. The van der Waals surface area contributed by atoms with E-state index in [9.17, 15) is 4.79 Å². The predicted octanol–water partition coefficient (Wildman–Crippen LogP) is 4.06. The lowest BCUT2D eigenvalue weighted by atomic mass is 10.1. The quantitative estimate of drug-likeness (QED) is 0.569. The Balaban J connectivity index is 1.34. The molecule has 0 atom stereocenters. The molecule has 1 aromatic heterocycles. The van der Waals surface area contributed by atoms with Crippen LogP contribution in [0.15, 0.2) is 54.7 Å². The molecule has 5 heteroatoms. The predicted molar refractivity (Wildman–Crippen MR) is 118 cm³/mol. The van der Waals surface area contributed by atoms with Crippen LogP contribution in [-0.2, 0) is 6.54 Å². The van der Waals surface area contributed by atoms with Crippen LogP contribution in [0.1, 0.15) is 23.7 Å². The zero-order valence-corrected chi connectivity index (χ0v) is 17.3. The van der Waals surface area contributed by atoms with Crippen LogP contribution in [0.4, 0.5) is 5.69 Å². The van der Waals surface area contributed by atoms with Gasteiger partial charge < -0.3 is 14.2 Å². The Morgan fingerprint density at radius 2 is 1.83 bits per heavy atom. The number of carbonyl (C=O) groups is 1. The van der Waals surface area contributed by atoms with Crippen LogP contribution >= 0.6 is 0 Å². The Kier molecular flexibility index (Phi) is 5.86. The summed E-state index contributed by atoms with van der Waals surface area (Å²) in [5, 5.41) is 1.07. The van der Waals surface area contributed by atoms with Crippen LogP contribution in [0.5, 0.6) is 5.75 Å². The number of aromatic nitrogens is 1. The van der Waals surface area contributed by atoms with E-state index in [0.717, 1.165) is 61.5 Å². The molecular formula is C24H29N3O2. The fourth-order valence-electron chi connectivity index (χ4n) is 4.16. The minimum absolute atomic E-state index is 0.239. The minimum atomic E-state index is 0.239. The molecule has 29 heavy (non-hydrogen) atoms. The van der Waals surface area contributed by atoms with E-state index >= 15 is 0 Å². The smallest absolute Gasteiger partial charge is 0.166 e. The highest BCUT2D eigenvalue weighted by Crippen LogP contribution is 2.24. The second-order valence-electron chi connectivity index (χ2n) is 7.55. The monoisotopic (exact) mass is 391 g/mol. The number of rotatable bonds is 7. The largest absolute Gasteiger partial charge is 0.497 e. The molecule has 0 unspecified atom stereocenters. The van der Waals surface area contributed by atoms with Crippen LogP contribution in [0, 0.1) is 0 Å². The van der Waals surface area contributed by atoms with Gasteiger partial charge in [0, 0.05) is 80.1 Å². The Bertz CT molecular complexity index is 987. The molecule has 5 nitrogen and oxygen atoms in total. The van der Waals surface area contributed by atoms with E-state index in [4.69, 9.17) is 4.74 Å². The molecular weight excluding hydrogens is 362 g/mol. The maximum absolute atomic E-state index is 12.9. The SMILES string of the molecule is CCn1cc(C(=O)CCN2CCN(c3cccc(OC)c3)CC2)c2ccccc21. The van der Waals surface area contributed by atoms with Crippen LogP contribution in [-0.4, -0.2) is 55.1 Å². The van der Waals surface area contributed by atoms with E-state index in [1.54, 1.807) is 7.11 Å². The Hall–Kier alpha value is -2.79. The molecule has 2 aromatic carbocycles. The zero-order valence-electron chi connectivity index (χ0n) is 17.3. The minimum Gasteiger partial charge on any atom is -0.497 e. The van der Waals surface area contributed by atoms with E-state index in [-0.39, 0.29) is 5.78 Å². The number of piperazine rings is 1. The standard InChI is InChI=1S/C24H29N3O2/c1-3-26-18-22(21-9-4-5-10-23(21)26)24(28)11-12-25-13-15-27(16-14-25)19-7-6-8-20(17-19)29-2/h4-10,17-18H,3,11-16H2,1-2H3. The van der Waals surface area contributed by atoms with Gasteiger partial charge in [0.2, 0.25) is 0 Å². The molecule has 0 N–H and O–H groups in total. The number of benzene rings is 2. The number of methoxy groups -OCH3 is 1. The number of ketones is 1. The molecule has 2 heterocycles. The van der Waals surface area contributed by atoms with Gasteiger partial charge in [-0.3, -0.25) is 9.69 Å². The Labute approximate surface area is 172 Å². The third-order valence-electron chi connectivity index (χ3n) is 5.88. The van der Waals surface area contributed by atoms with E-state index in [1.165, 1.54) is 5.69 Å². The number of hydrogen-bond acceptors (Lipinski definition) is 4. The molecule has 0 saturated carbocycles. The topological polar surface area (TPSA) is 37.7 Å². The number of ether oxygens (including phenoxy) is 1. The van der Waals surface area contributed by atoms with Crippen LogP contribution in [0.2, 0.25) is 0 Å². The van der Waals surface area contributed by atoms with Gasteiger partial charge >= 0.3 is 0 Å². The van der Waals surface area contributed by atoms with Crippen molar-refractivity contribution in [3.8, 4) is 5.75 Å². The molecule has 1 saturated heterocycles. The summed E-state index contributed by atoms with van der Waals surface area (Å²) >= 11 is 0. The number of Topliss-reactive ketones (excluding diaryl/α,β-unsaturated/α-hetero) is 1. The highest BCUT2D eigenvalue weighted by Gasteiger charge is 2.20. The first-order valence-corrected chi connectivity index (χ1v) is 10.4. The van der Waals surface area contributed by atoms with Gasteiger partial charge in [-0.1, -0.05) is 24.3 Å². The molecule has 0 amide bonds. The molecule has 1 fully saturated rings. The van der Waals surface area contributed by atoms with Crippen LogP contribution < -0.4 is 9.64 Å². The van der Waals surface area contributed by atoms with Crippen molar-refractivity contribution in [1.29, 1.82) is 0 Å². The number of anilines is 1. The van der Waals surface area contributed by atoms with Crippen molar-refractivity contribution in [2.45, 2.75) is 19.9 Å². The van der Waals surface area contributed by atoms with E-state index in [1.807, 2.05) is 30.5 Å². The van der Waals surface area contributed by atoms with Crippen molar-refractivity contribution in [1.82, 2.24) is 9.47 Å². The molecule has 0 radical (unpaired) electrons. The maximum atomic E-state index is 12.9. The molecule has 3 aromatic rings. The van der Waals surface area contributed by atoms with Gasteiger partial charge in [0.15, 0.2) is 5.78 Å². The van der Waals surface area contributed by atoms with Gasteiger partial charge in [0.05, 0.1) is 7.11 Å². The Morgan fingerprint density at radius 1 is 1.03 bits per heavy atom. The summed E-state index contributed by atoms with van der Waals surface area (Å²) in [5.74, 6) is 1.13. The van der Waals surface area contributed by atoms with E-state index < -0.39 is 0 Å². The summed E-state index contributed by atoms with van der Waals surface area (Å²) in [7, 11) is 1.70. The van der Waals surface area contributed by atoms with Crippen molar-refractivity contribution in [3.63, 3.8) is 0 Å². The molecule has 152 valence electrons. The number of para-hydroxylation sites is 1. The lowest BCUT2D eigenvalue weighted by Crippen LogP contribution is -2.46. The third kappa shape index (κ3) is 4.15. The number of aryl methyl sites for hydroxylation is 1. The summed E-state index contributed by atoms with van der Waals surface area (Å²) in [6, 6.07) is 16.4. The summed E-state index contributed by atoms with van der Waals surface area (Å²) in [6.07, 6.45) is 2.59. The van der Waals surface area contributed by atoms with Gasteiger partial charge in [-0.25, -0.2) is 0 Å². The second-order valence-corrected chi connectivity index (χ2v) is 7.55. The van der Waals surface area contributed by atoms with Crippen molar-refractivity contribution in [2.75, 3.05) is 44.7 Å². The van der Waals surface area contributed by atoms with Gasteiger partial charge in [-0.15, -0.1) is 0 Å². The molecule has 4 rings (SSSR count). The van der Waals surface area contributed by atoms with Crippen LogP contribution in [0.25, 0.3) is 10.9 Å². The summed E-state index contributed by atoms with van der Waals surface area (Å²) < 4.78 is 7.50. The highest BCUT2D eigenvalue weighted by atomic mass is 16.5. The van der Waals surface area contributed by atoms with Crippen molar-refractivity contribution in [3.05, 3.63) is 60.3 Å². The number of fused-ring (bicyclic) bond motifs is 1. The second kappa shape index (κ2) is 8.70. The first-order chi connectivity index (χ1) is 14.2. The first-order valence-electron chi connectivity index (χ1n) is 10.4. The van der Waals surface area contributed by atoms with Crippen molar-refractivity contribution < 1.29 is 9.53 Å². The number of nitrogens with zero attached hydrogens (tertiary/aromatic N) is 3. The number of carbonyl (C=O) groups excluding carboxylic acids is 1. The summed E-state index contributed by atoms with van der Waals surface area (Å²) in [5.41, 5.74) is 3.20. The molecule has 0 bridgehead atoms. The first kappa shape index (κ1) is 19.5. The average molecular weight is 392 g/mol. The lowest BCUT2D eigenvalue weighted by Gasteiger charge is -2.36. The summed E-state index contributed by atoms with van der Waals surface area (Å²) in [4.78, 5) is 17.7. The van der Waals surface area contributed by atoms with Gasteiger partial charge in [-0.2, -0.15) is 0 Å². The van der Waals surface area contributed by atoms with Gasteiger partial charge in [0.25, 0.3) is 0 Å². The van der Waals surface area contributed by atoms with Crippen LogP contribution in [0.3, 0.4) is 0 Å².